The molecule has 5 heteroatoms. The normalized spacial score (nSPS) is 13.1. The molecule has 0 radical (unpaired) electrons. The highest BCUT2D eigenvalue weighted by Crippen LogP contribution is 2.19. The van der Waals surface area contributed by atoms with Crippen LogP contribution >= 0.6 is 11.6 Å². The molecule has 0 saturated carbocycles. The van der Waals surface area contributed by atoms with Gasteiger partial charge in [-0.25, -0.2) is 0 Å². The first-order chi connectivity index (χ1) is 8.33. The van der Waals surface area contributed by atoms with Crippen molar-refractivity contribution >= 4 is 23.1 Å². The molecule has 3 rings (SSSR count). The molecule has 84 valence electrons. The maximum Gasteiger partial charge on any atom is 0.152 e. The summed E-state index contributed by atoms with van der Waals surface area (Å²) in [5.41, 5.74) is 2.84. The Balaban J connectivity index is 1.89. The van der Waals surface area contributed by atoms with Crippen LogP contribution in [0.25, 0.3) is 0 Å². The van der Waals surface area contributed by atoms with Crippen LogP contribution in [0.1, 0.15) is 11.3 Å². The molecule has 0 aromatic carbocycles. The van der Waals surface area contributed by atoms with E-state index in [-0.39, 0.29) is 0 Å². The highest BCUT2D eigenvalue weighted by molar-refractivity contribution is 6.30. The van der Waals surface area contributed by atoms with E-state index in [1.807, 2.05) is 12.1 Å². The second-order valence-corrected chi connectivity index (χ2v) is 4.13. The average Bonchev–Trinajstić information content (AvgIpc) is 2.73. The summed E-state index contributed by atoms with van der Waals surface area (Å²) in [6.07, 6.45) is 5.06. The molecule has 2 aromatic heterocycles. The van der Waals surface area contributed by atoms with Crippen LogP contribution in [-0.2, 0) is 6.54 Å². The number of aliphatic imine (C=N–C) groups is 1. The number of hydrogen-bond donors (Lipinski definition) is 1. The first-order valence-electron chi connectivity index (χ1n) is 5.19. The van der Waals surface area contributed by atoms with Crippen molar-refractivity contribution in [2.24, 2.45) is 4.99 Å². The largest absolute Gasteiger partial charge is 0.337 e. The van der Waals surface area contributed by atoms with Crippen molar-refractivity contribution in [1.29, 1.82) is 0 Å². The van der Waals surface area contributed by atoms with Crippen LogP contribution in [0.15, 0.2) is 41.8 Å². The van der Waals surface area contributed by atoms with Gasteiger partial charge in [0, 0.05) is 18.0 Å². The Morgan fingerprint density at radius 3 is 3.12 bits per heavy atom. The number of amidine groups is 1. The van der Waals surface area contributed by atoms with E-state index >= 15 is 0 Å². The third-order valence-corrected chi connectivity index (χ3v) is 2.70. The van der Waals surface area contributed by atoms with E-state index in [4.69, 9.17) is 11.6 Å². The van der Waals surface area contributed by atoms with Crippen molar-refractivity contribution in [1.82, 2.24) is 9.97 Å². The van der Waals surface area contributed by atoms with Gasteiger partial charge in [0.25, 0.3) is 0 Å². The summed E-state index contributed by atoms with van der Waals surface area (Å²) in [4.78, 5) is 12.7. The molecule has 1 N–H and O–H groups in total. The van der Waals surface area contributed by atoms with Gasteiger partial charge in [-0.1, -0.05) is 17.7 Å². The van der Waals surface area contributed by atoms with Crippen LogP contribution in [-0.4, -0.2) is 15.8 Å². The van der Waals surface area contributed by atoms with Gasteiger partial charge >= 0.3 is 0 Å². The van der Waals surface area contributed by atoms with Gasteiger partial charge < -0.3 is 5.32 Å². The Kier molecular flexibility index (Phi) is 2.49. The first-order valence-corrected chi connectivity index (χ1v) is 5.57. The average molecular weight is 245 g/mol. The zero-order chi connectivity index (χ0) is 11.7. The number of hydrogen-bond acceptors (Lipinski definition) is 4. The zero-order valence-electron chi connectivity index (χ0n) is 8.89. The van der Waals surface area contributed by atoms with Crippen LogP contribution in [0, 0.1) is 0 Å². The summed E-state index contributed by atoms with van der Waals surface area (Å²) in [5, 5.41) is 3.77. The number of anilines is 1. The molecule has 1 aliphatic heterocycles. The van der Waals surface area contributed by atoms with E-state index in [0.29, 0.717) is 11.6 Å². The van der Waals surface area contributed by atoms with Gasteiger partial charge in [-0.05, 0) is 12.1 Å². The Morgan fingerprint density at radius 2 is 2.24 bits per heavy atom. The molecule has 0 spiro atoms. The minimum absolute atomic E-state index is 0.592. The van der Waals surface area contributed by atoms with Gasteiger partial charge in [0.1, 0.15) is 5.69 Å². The van der Waals surface area contributed by atoms with E-state index < -0.39 is 0 Å². The van der Waals surface area contributed by atoms with Crippen molar-refractivity contribution in [2.45, 2.75) is 6.54 Å². The standard InChI is InChI=1S/C12H9ClN4/c13-9-4-10(7-14-6-9)17-12-11-8(5-16-12)2-1-3-15-11/h1-4,6-7H,5H2,(H,16,17). The van der Waals surface area contributed by atoms with Gasteiger partial charge in [0.15, 0.2) is 5.84 Å². The predicted molar refractivity (Wildman–Crippen MR) is 67.3 cm³/mol. The molecule has 0 unspecified atom stereocenters. The van der Waals surface area contributed by atoms with Crippen molar-refractivity contribution in [3.63, 3.8) is 0 Å². The predicted octanol–water partition coefficient (Wildman–Crippen LogP) is 2.50. The summed E-state index contributed by atoms with van der Waals surface area (Å²) in [6, 6.07) is 5.74. The van der Waals surface area contributed by atoms with Crippen LogP contribution in [0.5, 0.6) is 0 Å². The Morgan fingerprint density at radius 1 is 1.29 bits per heavy atom. The number of pyridine rings is 2. The molecule has 0 fully saturated rings. The monoisotopic (exact) mass is 244 g/mol. The van der Waals surface area contributed by atoms with Gasteiger partial charge in [0.2, 0.25) is 0 Å². The maximum atomic E-state index is 5.87. The molecule has 0 atom stereocenters. The van der Waals surface area contributed by atoms with Crippen molar-refractivity contribution < 1.29 is 0 Å². The lowest BCUT2D eigenvalue weighted by atomic mass is 10.2. The second kappa shape index (κ2) is 4.14. The molecule has 3 heterocycles. The first kappa shape index (κ1) is 10.2. The van der Waals surface area contributed by atoms with Crippen molar-refractivity contribution in [2.75, 3.05) is 5.32 Å². The summed E-state index contributed by atoms with van der Waals surface area (Å²) < 4.78 is 0. The van der Waals surface area contributed by atoms with E-state index in [9.17, 15) is 0 Å². The number of halogens is 1. The highest BCUT2D eigenvalue weighted by Gasteiger charge is 2.16. The van der Waals surface area contributed by atoms with Gasteiger partial charge in [-0.2, -0.15) is 0 Å². The van der Waals surface area contributed by atoms with Gasteiger partial charge in [-0.15, -0.1) is 0 Å². The summed E-state index contributed by atoms with van der Waals surface area (Å²) in [6.45, 7) is 0.666. The Labute approximate surface area is 103 Å². The lowest BCUT2D eigenvalue weighted by Gasteiger charge is -2.06. The van der Waals surface area contributed by atoms with E-state index in [0.717, 1.165) is 22.8 Å². The zero-order valence-corrected chi connectivity index (χ0v) is 9.65. The second-order valence-electron chi connectivity index (χ2n) is 3.69. The minimum Gasteiger partial charge on any atom is -0.337 e. The molecule has 0 aliphatic carbocycles. The third kappa shape index (κ3) is 1.99. The third-order valence-electron chi connectivity index (χ3n) is 2.49. The Bertz CT molecular complexity index is 595. The molecular formula is C12H9ClN4. The fraction of sp³-hybridized carbons (Fsp3) is 0.0833. The van der Waals surface area contributed by atoms with Crippen LogP contribution in [0.3, 0.4) is 0 Å². The molecule has 2 aromatic rings. The van der Waals surface area contributed by atoms with Crippen LogP contribution in [0.2, 0.25) is 5.02 Å². The van der Waals surface area contributed by atoms with Crippen molar-refractivity contribution in [3.05, 3.63) is 53.1 Å². The summed E-state index contributed by atoms with van der Waals surface area (Å²) in [5.74, 6) is 0.768. The molecule has 1 aliphatic rings. The molecule has 0 bridgehead atoms. The molecule has 0 saturated heterocycles. The molecule has 17 heavy (non-hydrogen) atoms. The van der Waals surface area contributed by atoms with E-state index in [1.54, 1.807) is 24.7 Å². The summed E-state index contributed by atoms with van der Waals surface area (Å²) >= 11 is 5.87. The number of nitrogens with zero attached hydrogens (tertiary/aromatic N) is 3. The lowest BCUT2D eigenvalue weighted by Crippen LogP contribution is -2.13. The van der Waals surface area contributed by atoms with Crippen LogP contribution in [0.4, 0.5) is 5.69 Å². The number of aromatic nitrogens is 2. The fourth-order valence-electron chi connectivity index (χ4n) is 1.73. The smallest absolute Gasteiger partial charge is 0.152 e. The Hall–Kier alpha value is -1.94. The molecular weight excluding hydrogens is 236 g/mol. The van der Waals surface area contributed by atoms with Crippen molar-refractivity contribution in [3.8, 4) is 0 Å². The van der Waals surface area contributed by atoms with E-state index in [2.05, 4.69) is 20.3 Å². The molecule has 4 nitrogen and oxygen atoms in total. The summed E-state index contributed by atoms with van der Waals surface area (Å²) in [7, 11) is 0. The fourth-order valence-corrected chi connectivity index (χ4v) is 1.91. The van der Waals surface area contributed by atoms with Gasteiger partial charge in [-0.3, -0.25) is 15.0 Å². The lowest BCUT2D eigenvalue weighted by molar-refractivity contribution is 1.09. The topological polar surface area (TPSA) is 50.2 Å². The van der Waals surface area contributed by atoms with E-state index in [1.165, 1.54) is 0 Å². The van der Waals surface area contributed by atoms with Gasteiger partial charge in [0.05, 0.1) is 23.5 Å². The highest BCUT2D eigenvalue weighted by atomic mass is 35.5. The molecule has 0 amide bonds. The maximum absolute atomic E-state index is 5.87. The number of fused-ring (bicyclic) bond motifs is 1. The SMILES string of the molecule is Clc1cncc(NC2=NCc3cccnc32)c1. The van der Waals surface area contributed by atoms with Crippen LogP contribution < -0.4 is 5.32 Å². The number of nitrogens with one attached hydrogen (secondary N) is 1. The minimum atomic E-state index is 0.592. The number of rotatable bonds is 1. The quantitative estimate of drug-likeness (QED) is 0.839.